The molecule has 29 heavy (non-hydrogen) atoms. The number of fused-ring (bicyclic) bond motifs is 1. The first kappa shape index (κ1) is 20.1. The van der Waals surface area contributed by atoms with E-state index in [0.29, 0.717) is 31.8 Å². The van der Waals surface area contributed by atoms with Crippen molar-refractivity contribution in [3.8, 4) is 0 Å². The summed E-state index contributed by atoms with van der Waals surface area (Å²) in [7, 11) is 0. The fourth-order valence-corrected chi connectivity index (χ4v) is 4.46. The van der Waals surface area contributed by atoms with Crippen molar-refractivity contribution in [2.45, 2.75) is 50.4 Å². The minimum atomic E-state index is -1.27. The second-order valence-electron chi connectivity index (χ2n) is 9.13. The Morgan fingerprint density at radius 3 is 2.90 bits per heavy atom. The molecule has 0 radical (unpaired) electrons. The Labute approximate surface area is 172 Å². The summed E-state index contributed by atoms with van der Waals surface area (Å²) in [6.07, 6.45) is 7.43. The molecular weight excluding hydrogens is 367 g/mol. The van der Waals surface area contributed by atoms with Crippen molar-refractivity contribution in [3.05, 3.63) is 47.6 Å². The average molecular weight is 399 g/mol. The lowest BCUT2D eigenvalue weighted by Gasteiger charge is -2.25. The van der Waals surface area contributed by atoms with E-state index in [0.717, 1.165) is 35.4 Å². The number of nitrogens with one attached hydrogen (secondary N) is 3. The number of amides is 1. The van der Waals surface area contributed by atoms with Crippen LogP contribution in [0.25, 0.3) is 5.57 Å². The molecule has 1 aromatic carbocycles. The van der Waals surface area contributed by atoms with Gasteiger partial charge >= 0.3 is 0 Å². The van der Waals surface area contributed by atoms with Crippen molar-refractivity contribution in [1.29, 1.82) is 0 Å². The predicted molar refractivity (Wildman–Crippen MR) is 115 cm³/mol. The first-order chi connectivity index (χ1) is 13.8. The highest BCUT2D eigenvalue weighted by molar-refractivity contribution is 5.92. The summed E-state index contributed by atoms with van der Waals surface area (Å²) in [5.74, 6) is 0.511. The van der Waals surface area contributed by atoms with Gasteiger partial charge in [-0.25, -0.2) is 4.39 Å². The lowest BCUT2D eigenvalue weighted by molar-refractivity contribution is -0.124. The Balaban J connectivity index is 1.39. The molecule has 6 heteroatoms. The molecular formula is C23H31FN4O. The minimum Gasteiger partial charge on any atom is -0.371 e. The highest BCUT2D eigenvalue weighted by Crippen LogP contribution is 2.36. The van der Waals surface area contributed by atoms with Gasteiger partial charge in [-0.1, -0.05) is 24.3 Å². The van der Waals surface area contributed by atoms with Gasteiger partial charge in [-0.05, 0) is 68.1 Å². The van der Waals surface area contributed by atoms with Crippen LogP contribution in [0, 0.1) is 5.92 Å². The maximum absolute atomic E-state index is 14.0. The zero-order valence-electron chi connectivity index (χ0n) is 17.2. The molecule has 156 valence electrons. The predicted octanol–water partition coefficient (Wildman–Crippen LogP) is 2.54. The Bertz CT molecular complexity index is 862. The molecule has 2 heterocycles. The van der Waals surface area contributed by atoms with E-state index in [1.807, 2.05) is 19.1 Å². The molecule has 0 spiro atoms. The Hall–Kier alpha value is -2.18. The quantitative estimate of drug-likeness (QED) is 0.615. The third kappa shape index (κ3) is 4.23. The SMILES string of the molecule is CC1(F)C=CC(c2ccc3c(c2)NC(C)(C(=O)NCC2C[C@@H](CN)CN2)C3)=CC1. The van der Waals surface area contributed by atoms with Crippen LogP contribution in [-0.4, -0.2) is 42.8 Å². The lowest BCUT2D eigenvalue weighted by Crippen LogP contribution is -2.51. The van der Waals surface area contributed by atoms with Crippen LogP contribution in [0.1, 0.15) is 37.8 Å². The van der Waals surface area contributed by atoms with E-state index in [2.05, 4.69) is 34.1 Å². The monoisotopic (exact) mass is 398 g/mol. The van der Waals surface area contributed by atoms with Crippen LogP contribution in [0.3, 0.4) is 0 Å². The molecule has 1 amide bonds. The van der Waals surface area contributed by atoms with Crippen molar-refractivity contribution >= 4 is 17.2 Å². The Morgan fingerprint density at radius 1 is 1.38 bits per heavy atom. The summed E-state index contributed by atoms with van der Waals surface area (Å²) in [5, 5.41) is 9.96. The number of benzene rings is 1. The van der Waals surface area contributed by atoms with E-state index in [-0.39, 0.29) is 11.9 Å². The number of alkyl halides is 1. The van der Waals surface area contributed by atoms with Gasteiger partial charge in [0.2, 0.25) is 5.91 Å². The number of nitrogens with two attached hydrogens (primary N) is 1. The van der Waals surface area contributed by atoms with Crippen LogP contribution in [0.2, 0.25) is 0 Å². The summed E-state index contributed by atoms with van der Waals surface area (Å²) in [6.45, 7) is 5.76. The Morgan fingerprint density at radius 2 is 2.21 bits per heavy atom. The van der Waals surface area contributed by atoms with Gasteiger partial charge in [0.05, 0.1) is 0 Å². The molecule has 1 fully saturated rings. The van der Waals surface area contributed by atoms with E-state index >= 15 is 0 Å². The van der Waals surface area contributed by atoms with Gasteiger partial charge in [-0.2, -0.15) is 0 Å². The third-order valence-corrected chi connectivity index (χ3v) is 6.39. The summed E-state index contributed by atoms with van der Waals surface area (Å²) >= 11 is 0. The van der Waals surface area contributed by atoms with Crippen molar-refractivity contribution in [2.24, 2.45) is 11.7 Å². The molecule has 1 aliphatic carbocycles. The fraction of sp³-hybridized carbons (Fsp3) is 0.522. The van der Waals surface area contributed by atoms with Gasteiger partial charge < -0.3 is 21.7 Å². The summed E-state index contributed by atoms with van der Waals surface area (Å²) in [4.78, 5) is 12.9. The topological polar surface area (TPSA) is 79.2 Å². The van der Waals surface area contributed by atoms with Gasteiger partial charge in [0, 0.05) is 31.1 Å². The molecule has 3 aliphatic rings. The van der Waals surface area contributed by atoms with E-state index in [1.54, 1.807) is 13.0 Å². The zero-order chi connectivity index (χ0) is 20.6. The lowest BCUT2D eigenvalue weighted by atomic mass is 9.91. The van der Waals surface area contributed by atoms with Gasteiger partial charge in [0.1, 0.15) is 11.2 Å². The zero-order valence-corrected chi connectivity index (χ0v) is 17.2. The number of halogens is 1. The van der Waals surface area contributed by atoms with Gasteiger partial charge in [-0.15, -0.1) is 0 Å². The van der Waals surface area contributed by atoms with Crippen molar-refractivity contribution < 1.29 is 9.18 Å². The van der Waals surface area contributed by atoms with Crippen LogP contribution < -0.4 is 21.7 Å². The third-order valence-electron chi connectivity index (χ3n) is 6.39. The number of anilines is 1. The van der Waals surface area contributed by atoms with Crippen LogP contribution in [-0.2, 0) is 11.2 Å². The smallest absolute Gasteiger partial charge is 0.245 e. The first-order valence-electron chi connectivity index (χ1n) is 10.5. The molecule has 1 saturated heterocycles. The second kappa shape index (κ2) is 7.58. The molecule has 5 N–H and O–H groups in total. The fourth-order valence-electron chi connectivity index (χ4n) is 4.46. The summed E-state index contributed by atoms with van der Waals surface area (Å²) < 4.78 is 14.0. The van der Waals surface area contributed by atoms with Crippen molar-refractivity contribution in [3.63, 3.8) is 0 Å². The number of hydrogen-bond acceptors (Lipinski definition) is 4. The van der Waals surface area contributed by atoms with Crippen LogP contribution in [0.15, 0.2) is 36.4 Å². The molecule has 5 nitrogen and oxygen atoms in total. The maximum atomic E-state index is 14.0. The largest absolute Gasteiger partial charge is 0.371 e. The molecule has 1 aromatic rings. The Kier molecular flexibility index (Phi) is 5.25. The van der Waals surface area contributed by atoms with Gasteiger partial charge in [-0.3, -0.25) is 4.79 Å². The van der Waals surface area contributed by atoms with E-state index in [9.17, 15) is 9.18 Å². The highest BCUT2D eigenvalue weighted by Gasteiger charge is 2.39. The van der Waals surface area contributed by atoms with Crippen molar-refractivity contribution in [1.82, 2.24) is 10.6 Å². The molecule has 3 unspecified atom stereocenters. The number of carbonyl (C=O) groups excluding carboxylic acids is 1. The van der Waals surface area contributed by atoms with Crippen LogP contribution in [0.4, 0.5) is 10.1 Å². The minimum absolute atomic E-state index is 0.0122. The highest BCUT2D eigenvalue weighted by atomic mass is 19.1. The van der Waals surface area contributed by atoms with Crippen LogP contribution in [0.5, 0.6) is 0 Å². The number of allylic oxidation sites excluding steroid dienone is 4. The number of hydrogen-bond donors (Lipinski definition) is 4. The van der Waals surface area contributed by atoms with Crippen LogP contribution >= 0.6 is 0 Å². The molecule has 0 saturated carbocycles. The molecule has 2 aliphatic heterocycles. The summed E-state index contributed by atoms with van der Waals surface area (Å²) in [6, 6.07) is 6.47. The average Bonchev–Trinajstić information content (AvgIpc) is 3.29. The normalized spacial score (nSPS) is 33.2. The molecule has 4 atom stereocenters. The first-order valence-corrected chi connectivity index (χ1v) is 10.5. The van der Waals surface area contributed by atoms with E-state index in [4.69, 9.17) is 5.73 Å². The number of rotatable bonds is 5. The van der Waals surface area contributed by atoms with E-state index < -0.39 is 11.2 Å². The molecule has 4 rings (SSSR count). The molecule has 0 bridgehead atoms. The standard InChI is InChI=1S/C23H31FN4O/c1-22(24)7-5-16(6-8-22)17-3-4-18-11-23(2,28-20(18)10-17)21(29)27-14-19-9-15(12-25)13-26-19/h3-7,10,15,19,26,28H,8-9,11-14,25H2,1-2H3,(H,27,29)/t15-,19?,22?,23?/m0/s1. The second-order valence-corrected chi connectivity index (χ2v) is 9.13. The van der Waals surface area contributed by atoms with Gasteiger partial charge in [0.25, 0.3) is 0 Å². The van der Waals surface area contributed by atoms with E-state index in [1.165, 1.54) is 0 Å². The van der Waals surface area contributed by atoms with Gasteiger partial charge in [0.15, 0.2) is 0 Å². The number of carbonyl (C=O) groups is 1. The molecule has 0 aromatic heterocycles. The van der Waals surface area contributed by atoms with Crippen molar-refractivity contribution in [2.75, 3.05) is 25.0 Å². The maximum Gasteiger partial charge on any atom is 0.245 e. The summed E-state index contributed by atoms with van der Waals surface area (Å²) in [5.41, 5.74) is 7.96.